The first kappa shape index (κ1) is 36.5. The number of nitrogens with zero attached hydrogens (tertiary/aromatic N) is 2. The zero-order valence-electron chi connectivity index (χ0n) is 7.24. The Labute approximate surface area is 116 Å². The van der Waals surface area contributed by atoms with E-state index < -0.39 is 10.2 Å². The molecule has 0 atom stereocenters. The summed E-state index contributed by atoms with van der Waals surface area (Å²) < 4.78 is 0. The van der Waals surface area contributed by atoms with Crippen molar-refractivity contribution >= 4 is 7.85 Å². The number of hydrogen-bond donors (Lipinski definition) is 1. The zero-order chi connectivity index (χ0) is 10.6. The fraction of sp³-hybridized carbons (Fsp3) is 1.00. The summed E-state index contributed by atoms with van der Waals surface area (Å²) >= 11 is 0. The molecule has 0 aliphatic rings. The summed E-state index contributed by atoms with van der Waals surface area (Å²) in [4.78, 5) is 21.3. The third-order valence-electron chi connectivity index (χ3n) is 0.235. The van der Waals surface area contributed by atoms with Crippen LogP contribution in [0.15, 0.2) is 0 Å². The molecule has 0 aromatic rings. The van der Waals surface area contributed by atoms with Crippen molar-refractivity contribution in [2.24, 2.45) is 0 Å². The molecule has 3 radical (unpaired) electrons. The van der Waals surface area contributed by atoms with Crippen LogP contribution in [0.2, 0.25) is 6.82 Å². The average molecular weight is 301 g/mol. The van der Waals surface area contributed by atoms with Crippen LogP contribution in [0, 0.1) is 20.2 Å². The van der Waals surface area contributed by atoms with Crippen molar-refractivity contribution in [2.75, 3.05) is 6.61 Å². The topological polar surface area (TPSA) is 116 Å². The van der Waals surface area contributed by atoms with Crippen molar-refractivity contribution < 1.29 is 52.9 Å². The van der Waals surface area contributed by atoms with Gasteiger partial charge in [-0.05, 0) is 6.92 Å². The van der Waals surface area contributed by atoms with Crippen molar-refractivity contribution in [3.8, 4) is 0 Å². The van der Waals surface area contributed by atoms with Gasteiger partial charge in [-0.25, -0.2) is 0 Å². The molecular formula is C5H17BN2O6Y. The van der Waals surface area contributed by atoms with Gasteiger partial charge in [-0.2, -0.15) is 0 Å². The van der Waals surface area contributed by atoms with Crippen molar-refractivity contribution in [1.29, 1.82) is 0 Å². The summed E-state index contributed by atoms with van der Waals surface area (Å²) in [6.07, 6.45) is 0. The molecule has 10 heteroatoms. The third-order valence-corrected chi connectivity index (χ3v) is 0.235. The molecule has 0 heterocycles. The molecule has 0 aliphatic carbocycles. The van der Waals surface area contributed by atoms with E-state index in [0.29, 0.717) is 0 Å². The minimum atomic E-state index is -1.50. The Morgan fingerprint density at radius 2 is 1.47 bits per heavy atom. The van der Waals surface area contributed by atoms with Crippen LogP contribution in [0.3, 0.4) is 0 Å². The molecule has 0 spiro atoms. The van der Waals surface area contributed by atoms with Crippen LogP contribution in [0.4, 0.5) is 0 Å². The molecule has 0 bridgehead atoms. The van der Waals surface area contributed by atoms with Gasteiger partial charge in [0.25, 0.3) is 10.2 Å². The van der Waals surface area contributed by atoms with E-state index in [-0.39, 0.29) is 54.2 Å². The largest absolute Gasteiger partial charge is 0.328 e. The van der Waals surface area contributed by atoms with E-state index in [1.165, 1.54) is 6.82 Å². The first-order chi connectivity index (χ1) is 5.50. The van der Waals surface area contributed by atoms with Crippen LogP contribution in [0.25, 0.3) is 0 Å². The Morgan fingerprint density at radius 1 is 1.27 bits per heavy atom. The number of hydrogen-bond acceptors (Lipinski definition) is 5. The number of rotatable bonds is 2. The summed E-state index contributed by atoms with van der Waals surface area (Å²) in [5.74, 6) is 0. The first-order valence-electron chi connectivity index (χ1n) is 2.69. The Balaban J connectivity index is -0.0000000204. The Hall–Kier alpha value is -0.431. The van der Waals surface area contributed by atoms with Gasteiger partial charge in [0.1, 0.15) is 0 Å². The molecular weight excluding hydrogens is 284 g/mol. The normalized spacial score (nSPS) is 4.93. The van der Waals surface area contributed by atoms with E-state index >= 15 is 0 Å². The maximum atomic E-state index is 9.18. The van der Waals surface area contributed by atoms with Crippen molar-refractivity contribution in [3.05, 3.63) is 20.2 Å². The van der Waals surface area contributed by atoms with E-state index in [9.17, 15) is 10.1 Å². The van der Waals surface area contributed by atoms with E-state index in [1.807, 2.05) is 0 Å². The second-order valence-electron chi connectivity index (χ2n) is 0.879. The van der Waals surface area contributed by atoms with Crippen LogP contribution in [0.5, 0.6) is 0 Å². The van der Waals surface area contributed by atoms with Crippen LogP contribution >= 0.6 is 0 Å². The van der Waals surface area contributed by atoms with Crippen LogP contribution < -0.4 is 0 Å². The summed E-state index contributed by atoms with van der Waals surface area (Å²) in [6, 6.07) is 0. The minimum absolute atomic E-state index is 0. The van der Waals surface area contributed by atoms with Gasteiger partial charge in [-0.15, -0.1) is 20.2 Å². The van der Waals surface area contributed by atoms with Crippen LogP contribution in [0.1, 0.15) is 21.8 Å². The predicted molar refractivity (Wildman–Crippen MR) is 52.5 cm³/mol. The average Bonchev–Trinajstić information content (AvgIpc) is 1.90. The summed E-state index contributed by atoms with van der Waals surface area (Å²) in [6.45, 7) is 3.19. The minimum Gasteiger partial charge on any atom is -0.328 e. The Kier molecular flexibility index (Phi) is 91.1. The molecule has 89 valence electrons. The second-order valence-corrected chi connectivity index (χ2v) is 0.879. The monoisotopic (exact) mass is 301 g/mol. The predicted octanol–water partition coefficient (Wildman–Crippen LogP) is 1.34. The molecule has 0 amide bonds. The van der Waals surface area contributed by atoms with Gasteiger partial charge in [-0.1, -0.05) is 21.7 Å². The van der Waals surface area contributed by atoms with Gasteiger partial charge in [-0.3, -0.25) is 0 Å². The van der Waals surface area contributed by atoms with Crippen LogP contribution in [-0.2, 0) is 37.5 Å². The van der Waals surface area contributed by atoms with E-state index in [1.54, 1.807) is 6.92 Å². The van der Waals surface area contributed by atoms with Crippen molar-refractivity contribution in [3.63, 3.8) is 0 Å². The van der Waals surface area contributed by atoms with E-state index in [4.69, 9.17) is 15.3 Å². The van der Waals surface area contributed by atoms with Gasteiger partial charge in [0.05, 0.1) is 14.5 Å². The fourth-order valence-electron chi connectivity index (χ4n) is 0.105. The van der Waals surface area contributed by atoms with Gasteiger partial charge < -0.3 is 10.0 Å². The fourth-order valence-corrected chi connectivity index (χ4v) is 0.105. The molecule has 8 nitrogen and oxygen atoms in total. The summed E-state index contributed by atoms with van der Waals surface area (Å²) in [5, 5.41) is 22.0. The van der Waals surface area contributed by atoms with Crippen molar-refractivity contribution in [2.45, 2.75) is 28.6 Å². The standard InChI is InChI=1S/C2H5NO3.CH3B.2CH4.HNO3.Y/c1-2-6-3(4)5;1-2;;;2-1(3)4;/h2H2,1H3;1H3;2*1H4;(H,2,3,4);. The molecule has 1 N–H and O–H groups in total. The Morgan fingerprint density at radius 3 is 1.47 bits per heavy atom. The van der Waals surface area contributed by atoms with E-state index in [0.717, 1.165) is 0 Å². The van der Waals surface area contributed by atoms with Gasteiger partial charge in [0.2, 0.25) is 0 Å². The molecule has 0 rings (SSSR count). The summed E-state index contributed by atoms with van der Waals surface area (Å²) in [7, 11) is 4.50. The molecule has 0 unspecified atom stereocenters. The first-order valence-corrected chi connectivity index (χ1v) is 2.69. The SMILES string of the molecule is C.C.CCO[N+](=O)[O-].O=[N+]([O-])O.[B]C.[Y]. The maximum absolute atomic E-state index is 9.18. The van der Waals surface area contributed by atoms with Gasteiger partial charge in [0.15, 0.2) is 0 Å². The maximum Gasteiger partial charge on any atom is 0.294 e. The second kappa shape index (κ2) is 37.4. The van der Waals surface area contributed by atoms with Gasteiger partial charge in [0, 0.05) is 32.7 Å². The molecule has 0 aromatic carbocycles. The smallest absolute Gasteiger partial charge is 0.294 e. The van der Waals surface area contributed by atoms with E-state index in [2.05, 4.69) is 12.7 Å². The van der Waals surface area contributed by atoms with Crippen LogP contribution in [-0.4, -0.2) is 29.8 Å². The molecule has 0 fully saturated rings. The molecule has 0 saturated carbocycles. The molecule has 0 saturated heterocycles. The zero-order valence-corrected chi connectivity index (χ0v) is 10.1. The van der Waals surface area contributed by atoms with Crippen molar-refractivity contribution in [1.82, 2.24) is 0 Å². The Bertz CT molecular complexity index is 124. The summed E-state index contributed by atoms with van der Waals surface area (Å²) in [5.41, 5.74) is 0. The third kappa shape index (κ3) is 275. The molecule has 15 heavy (non-hydrogen) atoms. The molecule has 0 aromatic heterocycles. The molecule has 0 aliphatic heterocycles. The quantitative estimate of drug-likeness (QED) is 0.467. The van der Waals surface area contributed by atoms with Gasteiger partial charge >= 0.3 is 0 Å².